The Hall–Kier alpha value is -0.940. The maximum atomic E-state index is 13.1. The van der Waals surface area contributed by atoms with Crippen molar-refractivity contribution in [3.63, 3.8) is 0 Å². The third kappa shape index (κ3) is 2.09. The van der Waals surface area contributed by atoms with Crippen molar-refractivity contribution in [3.8, 4) is 0 Å². The van der Waals surface area contributed by atoms with Gasteiger partial charge < -0.3 is 9.84 Å². The number of carbonyl (C=O) groups is 1. The summed E-state index contributed by atoms with van der Waals surface area (Å²) in [6, 6.07) is 4.39. The monoisotopic (exact) mass is 328 g/mol. The van der Waals surface area contributed by atoms with Crippen LogP contribution in [-0.4, -0.2) is 23.3 Å². The van der Waals surface area contributed by atoms with Crippen LogP contribution in [0.1, 0.15) is 24.8 Å². The molecular formula is C14H14BrFO3. The molecule has 3 rings (SSSR count). The van der Waals surface area contributed by atoms with Gasteiger partial charge in [0.25, 0.3) is 0 Å². The molecule has 2 aliphatic rings. The summed E-state index contributed by atoms with van der Waals surface area (Å²) in [5.74, 6) is -1.14. The Kier molecular flexibility index (Phi) is 3.14. The summed E-state index contributed by atoms with van der Waals surface area (Å²) in [6.07, 6.45) is 2.54. The molecule has 0 aromatic heterocycles. The lowest BCUT2D eigenvalue weighted by atomic mass is 9.70. The second-order valence-electron chi connectivity index (χ2n) is 5.40. The number of fused-ring (bicyclic) bond motifs is 2. The van der Waals surface area contributed by atoms with Crippen molar-refractivity contribution in [2.75, 3.05) is 0 Å². The summed E-state index contributed by atoms with van der Waals surface area (Å²) in [5.41, 5.74) is -0.0385. The highest BCUT2D eigenvalue weighted by Crippen LogP contribution is 2.50. The first kappa shape index (κ1) is 13.1. The van der Waals surface area contributed by atoms with E-state index in [0.717, 1.165) is 18.4 Å². The molecular weight excluding hydrogens is 315 g/mol. The van der Waals surface area contributed by atoms with Gasteiger partial charge in [-0.3, -0.25) is 4.79 Å². The molecule has 3 nitrogen and oxygen atoms in total. The van der Waals surface area contributed by atoms with Gasteiger partial charge in [-0.15, -0.1) is 0 Å². The van der Waals surface area contributed by atoms with Crippen molar-refractivity contribution in [2.45, 2.75) is 37.9 Å². The third-order valence-electron chi connectivity index (χ3n) is 4.26. The summed E-state index contributed by atoms with van der Waals surface area (Å²) >= 11 is 3.31. The van der Waals surface area contributed by atoms with Crippen LogP contribution in [0.25, 0.3) is 0 Å². The van der Waals surface area contributed by atoms with E-state index in [9.17, 15) is 14.3 Å². The number of aliphatic carboxylic acids is 1. The lowest BCUT2D eigenvalue weighted by Gasteiger charge is -2.31. The molecule has 0 saturated carbocycles. The minimum Gasteiger partial charge on any atom is -0.481 e. The van der Waals surface area contributed by atoms with E-state index in [1.54, 1.807) is 6.07 Å². The zero-order valence-electron chi connectivity index (χ0n) is 10.2. The van der Waals surface area contributed by atoms with Gasteiger partial charge in [-0.1, -0.05) is 22.0 Å². The van der Waals surface area contributed by atoms with E-state index in [2.05, 4.69) is 15.9 Å². The Labute approximate surface area is 118 Å². The molecule has 102 valence electrons. The van der Waals surface area contributed by atoms with E-state index in [1.165, 1.54) is 12.1 Å². The molecule has 5 heteroatoms. The molecule has 1 aromatic rings. The zero-order valence-corrected chi connectivity index (χ0v) is 11.8. The molecule has 0 radical (unpaired) electrons. The van der Waals surface area contributed by atoms with E-state index < -0.39 is 11.4 Å². The molecule has 2 aliphatic heterocycles. The van der Waals surface area contributed by atoms with Crippen LogP contribution in [0.2, 0.25) is 0 Å². The van der Waals surface area contributed by atoms with Crippen LogP contribution in [0, 0.1) is 11.2 Å². The number of ether oxygens (including phenoxy) is 1. The van der Waals surface area contributed by atoms with Crippen LogP contribution in [0.3, 0.4) is 0 Å². The summed E-state index contributed by atoms with van der Waals surface area (Å²) in [6.45, 7) is 0. The van der Waals surface area contributed by atoms with Gasteiger partial charge in [0.1, 0.15) is 11.2 Å². The normalized spacial score (nSPS) is 32.7. The van der Waals surface area contributed by atoms with E-state index in [0.29, 0.717) is 17.3 Å². The maximum Gasteiger partial charge on any atom is 0.312 e. The Morgan fingerprint density at radius 1 is 1.53 bits per heavy atom. The van der Waals surface area contributed by atoms with E-state index in [4.69, 9.17) is 4.74 Å². The topological polar surface area (TPSA) is 46.5 Å². The lowest BCUT2D eigenvalue weighted by Crippen LogP contribution is -2.42. The molecule has 19 heavy (non-hydrogen) atoms. The fourth-order valence-corrected chi connectivity index (χ4v) is 3.78. The van der Waals surface area contributed by atoms with Crippen molar-refractivity contribution < 1.29 is 19.0 Å². The first-order chi connectivity index (χ1) is 9.01. The fourth-order valence-electron chi connectivity index (χ4n) is 3.29. The van der Waals surface area contributed by atoms with Gasteiger partial charge >= 0.3 is 5.97 Å². The van der Waals surface area contributed by atoms with Crippen LogP contribution in [0.15, 0.2) is 22.7 Å². The van der Waals surface area contributed by atoms with Crippen LogP contribution < -0.4 is 0 Å². The number of rotatable bonds is 3. The maximum absolute atomic E-state index is 13.1. The molecule has 2 bridgehead atoms. The van der Waals surface area contributed by atoms with Crippen LogP contribution in [0.5, 0.6) is 0 Å². The molecule has 0 aliphatic carbocycles. The van der Waals surface area contributed by atoms with Gasteiger partial charge in [-0.2, -0.15) is 0 Å². The number of hydrogen-bond acceptors (Lipinski definition) is 2. The minimum atomic E-state index is -0.858. The van der Waals surface area contributed by atoms with Crippen LogP contribution >= 0.6 is 15.9 Å². The first-order valence-electron chi connectivity index (χ1n) is 6.34. The number of halogens is 2. The summed E-state index contributed by atoms with van der Waals surface area (Å²) < 4.78 is 19.4. The lowest BCUT2D eigenvalue weighted by molar-refractivity contribution is -0.152. The number of hydrogen-bond donors (Lipinski definition) is 1. The van der Waals surface area contributed by atoms with Crippen molar-refractivity contribution in [1.29, 1.82) is 0 Å². The predicted molar refractivity (Wildman–Crippen MR) is 70.4 cm³/mol. The Balaban J connectivity index is 1.93. The summed E-state index contributed by atoms with van der Waals surface area (Å²) in [7, 11) is 0. The highest BCUT2D eigenvalue weighted by molar-refractivity contribution is 9.10. The van der Waals surface area contributed by atoms with Crippen molar-refractivity contribution in [2.24, 2.45) is 5.41 Å². The number of carboxylic acids is 1. The molecule has 3 unspecified atom stereocenters. The van der Waals surface area contributed by atoms with Crippen molar-refractivity contribution in [3.05, 3.63) is 34.1 Å². The van der Waals surface area contributed by atoms with Gasteiger partial charge in [0.2, 0.25) is 0 Å². The predicted octanol–water partition coefficient (Wildman–Crippen LogP) is 3.15. The zero-order chi connectivity index (χ0) is 13.6. The van der Waals surface area contributed by atoms with E-state index in [1.807, 2.05) is 0 Å². The SMILES string of the molecule is O=C(O)C1(Cc2ccc(F)cc2Br)CC2CCC1O2. The molecule has 1 aromatic carbocycles. The van der Waals surface area contributed by atoms with Gasteiger partial charge in [-0.25, -0.2) is 4.39 Å². The Morgan fingerprint density at radius 2 is 2.32 bits per heavy atom. The molecule has 0 spiro atoms. The third-order valence-corrected chi connectivity index (χ3v) is 5.00. The highest BCUT2D eigenvalue weighted by Gasteiger charge is 2.57. The molecule has 2 fully saturated rings. The van der Waals surface area contributed by atoms with Crippen molar-refractivity contribution >= 4 is 21.9 Å². The van der Waals surface area contributed by atoms with Gasteiger partial charge in [0.15, 0.2) is 0 Å². The fraction of sp³-hybridized carbons (Fsp3) is 0.500. The minimum absolute atomic E-state index is 0.0697. The quantitative estimate of drug-likeness (QED) is 0.927. The number of carboxylic acid groups (broad SMARTS) is 1. The van der Waals surface area contributed by atoms with Gasteiger partial charge in [0.05, 0.1) is 12.2 Å². The molecule has 0 amide bonds. The van der Waals surface area contributed by atoms with Crippen LogP contribution in [-0.2, 0) is 16.0 Å². The van der Waals surface area contributed by atoms with Gasteiger partial charge in [-0.05, 0) is 43.4 Å². The van der Waals surface area contributed by atoms with Gasteiger partial charge in [0, 0.05) is 4.47 Å². The summed E-state index contributed by atoms with van der Waals surface area (Å²) in [4.78, 5) is 11.7. The largest absolute Gasteiger partial charge is 0.481 e. The van der Waals surface area contributed by atoms with E-state index >= 15 is 0 Å². The Morgan fingerprint density at radius 3 is 2.84 bits per heavy atom. The van der Waals surface area contributed by atoms with Crippen LogP contribution in [0.4, 0.5) is 4.39 Å². The second kappa shape index (κ2) is 4.56. The standard InChI is InChI=1S/C14H14BrFO3/c15-11-5-9(16)2-1-8(11)6-14(13(17)18)7-10-3-4-12(14)19-10/h1-2,5,10,12H,3-4,6-7H2,(H,17,18). The number of benzene rings is 1. The molecule has 2 heterocycles. The molecule has 2 saturated heterocycles. The average Bonchev–Trinajstić information content (AvgIpc) is 2.93. The molecule has 1 N–H and O–H groups in total. The smallest absolute Gasteiger partial charge is 0.312 e. The Bertz CT molecular complexity index is 533. The highest BCUT2D eigenvalue weighted by atomic mass is 79.9. The molecule has 3 atom stereocenters. The average molecular weight is 329 g/mol. The second-order valence-corrected chi connectivity index (χ2v) is 6.26. The first-order valence-corrected chi connectivity index (χ1v) is 7.13. The summed E-state index contributed by atoms with van der Waals surface area (Å²) in [5, 5.41) is 9.62. The van der Waals surface area contributed by atoms with E-state index in [-0.39, 0.29) is 18.0 Å². The van der Waals surface area contributed by atoms with Crippen molar-refractivity contribution in [1.82, 2.24) is 0 Å².